The van der Waals surface area contributed by atoms with Crippen molar-refractivity contribution in [3.8, 4) is 0 Å². The number of hydrogen-bond donors (Lipinski definition) is 1. The van der Waals surface area contributed by atoms with Crippen LogP contribution in [0.15, 0.2) is 0 Å². The van der Waals surface area contributed by atoms with E-state index >= 15 is 0 Å². The largest absolute Gasteiger partial charge is 0.530 e. The number of carbonyl (C=O) groups excluding carboxylic acids is 3. The number of ether oxygens (including phenoxy) is 1. The summed E-state index contributed by atoms with van der Waals surface area (Å²) < 4.78 is 3.87. The Balaban J connectivity index is 3.86. The van der Waals surface area contributed by atoms with Gasteiger partial charge in [-0.25, -0.2) is 4.79 Å². The third-order valence-electron chi connectivity index (χ3n) is 0.586. The van der Waals surface area contributed by atoms with Crippen LogP contribution >= 0.6 is 0 Å². The molecule has 0 aromatic carbocycles. The molecule has 0 fully saturated rings. The second-order valence-corrected chi connectivity index (χ2v) is 1.23. The number of amides is 2. The minimum atomic E-state index is -1.84. The average Bonchev–Trinajstić information content (AvgIpc) is 1.85. The van der Waals surface area contributed by atoms with Crippen molar-refractivity contribution in [3.63, 3.8) is 0 Å². The van der Waals surface area contributed by atoms with Gasteiger partial charge in [-0.2, -0.15) is 0 Å². The molecule has 6 heteroatoms. The van der Waals surface area contributed by atoms with Gasteiger partial charge in [-0.3, -0.25) is 4.79 Å². The van der Waals surface area contributed by atoms with Crippen LogP contribution in [0.3, 0.4) is 0 Å². The molecular weight excluding hydrogens is 142 g/mol. The molecule has 0 saturated carbocycles. The SMILES string of the molecule is COC(=O)C(=O)NC(=O)[O-]. The molecule has 0 spiro atoms. The molecule has 2 amide bonds. The number of carbonyl (C=O) groups is 3. The average molecular weight is 146 g/mol. The first-order chi connectivity index (χ1) is 4.57. The predicted octanol–water partition coefficient (Wildman–Crippen LogP) is -2.38. The number of esters is 1. The van der Waals surface area contributed by atoms with E-state index < -0.39 is 18.0 Å². The van der Waals surface area contributed by atoms with Gasteiger partial charge in [-0.05, 0) is 0 Å². The molecule has 0 aliphatic heterocycles. The number of nitrogens with one attached hydrogen (secondary N) is 1. The zero-order valence-electron chi connectivity index (χ0n) is 5.04. The third-order valence-corrected chi connectivity index (χ3v) is 0.586. The zero-order chi connectivity index (χ0) is 8.15. The topological polar surface area (TPSA) is 95.5 Å². The van der Waals surface area contributed by atoms with Gasteiger partial charge < -0.3 is 20.0 Å². The highest BCUT2D eigenvalue weighted by atomic mass is 16.5. The van der Waals surface area contributed by atoms with Crippen LogP contribution in [0.2, 0.25) is 0 Å². The Morgan fingerprint density at radius 3 is 2.20 bits per heavy atom. The maximum Gasteiger partial charge on any atom is 0.396 e. The van der Waals surface area contributed by atoms with E-state index in [2.05, 4.69) is 4.74 Å². The van der Waals surface area contributed by atoms with Crippen LogP contribution in [-0.4, -0.2) is 25.1 Å². The minimum Gasteiger partial charge on any atom is -0.530 e. The van der Waals surface area contributed by atoms with E-state index in [9.17, 15) is 19.5 Å². The van der Waals surface area contributed by atoms with Crippen LogP contribution in [0.4, 0.5) is 4.79 Å². The maximum absolute atomic E-state index is 10.2. The Hall–Kier alpha value is -1.59. The van der Waals surface area contributed by atoms with Gasteiger partial charge in [0.05, 0.1) is 7.11 Å². The second-order valence-electron chi connectivity index (χ2n) is 1.23. The number of methoxy groups -OCH3 is 1. The van der Waals surface area contributed by atoms with Crippen molar-refractivity contribution < 1.29 is 24.2 Å². The van der Waals surface area contributed by atoms with E-state index in [0.717, 1.165) is 7.11 Å². The molecule has 0 bridgehead atoms. The number of rotatable bonds is 0. The quantitative estimate of drug-likeness (QED) is 0.304. The first-order valence-corrected chi connectivity index (χ1v) is 2.18. The Labute approximate surface area is 55.8 Å². The summed E-state index contributed by atoms with van der Waals surface area (Å²) in [6.45, 7) is 0. The number of imide groups is 1. The molecule has 6 nitrogen and oxygen atoms in total. The fraction of sp³-hybridized carbons (Fsp3) is 0.250. The lowest BCUT2D eigenvalue weighted by molar-refractivity contribution is -0.250. The highest BCUT2D eigenvalue weighted by Crippen LogP contribution is 1.71. The summed E-state index contributed by atoms with van der Waals surface area (Å²) in [5.41, 5.74) is 0. The molecule has 0 heterocycles. The van der Waals surface area contributed by atoms with E-state index in [1.165, 1.54) is 5.32 Å². The predicted molar refractivity (Wildman–Crippen MR) is 25.6 cm³/mol. The normalized spacial score (nSPS) is 8.10. The maximum atomic E-state index is 10.2. The van der Waals surface area contributed by atoms with E-state index in [1.807, 2.05) is 0 Å². The molecule has 0 radical (unpaired) electrons. The third kappa shape index (κ3) is 2.65. The van der Waals surface area contributed by atoms with Crippen LogP contribution < -0.4 is 10.4 Å². The first-order valence-electron chi connectivity index (χ1n) is 2.18. The van der Waals surface area contributed by atoms with Crippen molar-refractivity contribution in [2.24, 2.45) is 0 Å². The van der Waals surface area contributed by atoms with Gasteiger partial charge in [0.2, 0.25) is 0 Å². The Bertz CT molecular complexity index is 174. The van der Waals surface area contributed by atoms with Crippen LogP contribution in [0, 0.1) is 0 Å². The monoisotopic (exact) mass is 146 g/mol. The van der Waals surface area contributed by atoms with E-state index in [1.54, 1.807) is 0 Å². The molecule has 0 saturated heterocycles. The van der Waals surface area contributed by atoms with Crippen molar-refractivity contribution in [3.05, 3.63) is 0 Å². The summed E-state index contributed by atoms with van der Waals surface area (Å²) >= 11 is 0. The van der Waals surface area contributed by atoms with Gasteiger partial charge >= 0.3 is 11.9 Å². The minimum absolute atomic E-state index is 0.956. The highest BCUT2D eigenvalue weighted by molar-refractivity contribution is 6.34. The van der Waals surface area contributed by atoms with Gasteiger partial charge in [0.1, 0.15) is 6.09 Å². The van der Waals surface area contributed by atoms with Crippen molar-refractivity contribution in [2.75, 3.05) is 7.11 Å². The van der Waals surface area contributed by atoms with Gasteiger partial charge in [0, 0.05) is 0 Å². The molecule has 0 aliphatic carbocycles. The van der Waals surface area contributed by atoms with Crippen LogP contribution in [0.25, 0.3) is 0 Å². The summed E-state index contributed by atoms with van der Waals surface area (Å²) in [5, 5.41) is 10.8. The number of carboxylic acid groups (broad SMARTS) is 1. The molecule has 0 unspecified atom stereocenters. The molecule has 0 rings (SSSR count). The molecule has 0 aromatic rings. The van der Waals surface area contributed by atoms with Crippen molar-refractivity contribution in [1.29, 1.82) is 0 Å². The molecule has 1 N–H and O–H groups in total. The summed E-state index contributed by atoms with van der Waals surface area (Å²) in [6, 6.07) is 0. The zero-order valence-corrected chi connectivity index (χ0v) is 5.04. The standard InChI is InChI=1S/C4H5NO5/c1-10-3(7)2(6)5-4(8)9/h1H3,(H,5,6)(H,8,9)/p-1. The van der Waals surface area contributed by atoms with Crippen molar-refractivity contribution in [2.45, 2.75) is 0 Å². The van der Waals surface area contributed by atoms with Crippen LogP contribution in [0.5, 0.6) is 0 Å². The van der Waals surface area contributed by atoms with Gasteiger partial charge in [-0.1, -0.05) is 0 Å². The van der Waals surface area contributed by atoms with E-state index in [-0.39, 0.29) is 0 Å². The van der Waals surface area contributed by atoms with Crippen molar-refractivity contribution in [1.82, 2.24) is 5.32 Å². The van der Waals surface area contributed by atoms with E-state index in [0.29, 0.717) is 0 Å². The molecule has 56 valence electrons. The lowest BCUT2D eigenvalue weighted by Gasteiger charge is -2.01. The van der Waals surface area contributed by atoms with Crippen molar-refractivity contribution >= 4 is 18.0 Å². The van der Waals surface area contributed by atoms with E-state index in [4.69, 9.17) is 0 Å². The Morgan fingerprint density at radius 1 is 1.40 bits per heavy atom. The van der Waals surface area contributed by atoms with Crippen LogP contribution in [0.1, 0.15) is 0 Å². The molecule has 10 heavy (non-hydrogen) atoms. The smallest absolute Gasteiger partial charge is 0.396 e. The Morgan fingerprint density at radius 2 is 1.90 bits per heavy atom. The molecular formula is C4H4NO5-. The number of hydrogen-bond acceptors (Lipinski definition) is 5. The molecule has 0 aromatic heterocycles. The lowest BCUT2D eigenvalue weighted by Crippen LogP contribution is -2.44. The van der Waals surface area contributed by atoms with Gasteiger partial charge in [-0.15, -0.1) is 0 Å². The lowest BCUT2D eigenvalue weighted by atomic mass is 10.6. The summed E-state index contributed by atoms with van der Waals surface area (Å²) in [7, 11) is 0.956. The van der Waals surface area contributed by atoms with Gasteiger partial charge in [0.15, 0.2) is 0 Å². The fourth-order valence-electron chi connectivity index (χ4n) is 0.236. The highest BCUT2D eigenvalue weighted by Gasteiger charge is 2.12. The summed E-state index contributed by atoms with van der Waals surface area (Å²) in [6.07, 6.45) is -1.84. The van der Waals surface area contributed by atoms with Crippen LogP contribution in [-0.2, 0) is 14.3 Å². The first kappa shape index (κ1) is 8.41. The molecule has 0 atom stereocenters. The summed E-state index contributed by atoms with van der Waals surface area (Å²) in [5.74, 6) is -2.63. The second kappa shape index (κ2) is 3.44. The Kier molecular flexibility index (Phi) is 2.89. The summed E-state index contributed by atoms with van der Waals surface area (Å²) in [4.78, 5) is 29.9. The fourth-order valence-corrected chi connectivity index (χ4v) is 0.236. The molecule has 0 aliphatic rings. The van der Waals surface area contributed by atoms with Gasteiger partial charge in [0.25, 0.3) is 0 Å².